The van der Waals surface area contributed by atoms with Crippen molar-refractivity contribution in [3.05, 3.63) is 23.8 Å². The maximum Gasteiger partial charge on any atom is 0.244 e. The van der Waals surface area contributed by atoms with Gasteiger partial charge in [-0.3, -0.25) is 4.79 Å². The molecule has 0 saturated carbocycles. The van der Waals surface area contributed by atoms with Crippen molar-refractivity contribution in [2.75, 3.05) is 24.3 Å². The number of aryl methyl sites for hydroxylation is 1. The van der Waals surface area contributed by atoms with Crippen LogP contribution in [0.15, 0.2) is 18.2 Å². The van der Waals surface area contributed by atoms with Crippen LogP contribution in [0.1, 0.15) is 32.3 Å². The lowest BCUT2D eigenvalue weighted by atomic mass is 9.93. The molecule has 1 rings (SSSR count). The van der Waals surface area contributed by atoms with Crippen molar-refractivity contribution < 1.29 is 4.79 Å². The Kier molecular flexibility index (Phi) is 4.95. The van der Waals surface area contributed by atoms with Crippen molar-refractivity contribution in [1.82, 2.24) is 0 Å². The standard InChI is InChI=1S/C15H25N3O/c1-6-15(16,7-2)14(19)17-12-9-8-11(3)13(10-12)18(4)5/h8-10H,6-7,16H2,1-5H3,(H,17,19). The number of benzene rings is 1. The second-order valence-electron chi connectivity index (χ2n) is 5.21. The molecule has 1 aromatic carbocycles. The highest BCUT2D eigenvalue weighted by Gasteiger charge is 2.29. The summed E-state index contributed by atoms with van der Waals surface area (Å²) in [6, 6.07) is 5.88. The highest BCUT2D eigenvalue weighted by Crippen LogP contribution is 2.23. The Morgan fingerprint density at radius 1 is 1.32 bits per heavy atom. The Balaban J connectivity index is 2.95. The second kappa shape index (κ2) is 6.06. The van der Waals surface area contributed by atoms with Crippen molar-refractivity contribution >= 4 is 17.3 Å². The maximum absolute atomic E-state index is 12.2. The van der Waals surface area contributed by atoms with E-state index in [0.29, 0.717) is 12.8 Å². The third-order valence-electron chi connectivity index (χ3n) is 3.66. The number of anilines is 2. The lowest BCUT2D eigenvalue weighted by Gasteiger charge is -2.25. The summed E-state index contributed by atoms with van der Waals surface area (Å²) in [6.07, 6.45) is 1.25. The zero-order chi connectivity index (χ0) is 14.6. The molecule has 3 N–H and O–H groups in total. The molecule has 0 atom stereocenters. The first kappa shape index (κ1) is 15.5. The topological polar surface area (TPSA) is 58.4 Å². The lowest BCUT2D eigenvalue weighted by Crippen LogP contribution is -2.50. The summed E-state index contributed by atoms with van der Waals surface area (Å²) in [5.74, 6) is -0.119. The summed E-state index contributed by atoms with van der Waals surface area (Å²) < 4.78 is 0. The van der Waals surface area contributed by atoms with Crippen LogP contribution in [0, 0.1) is 6.92 Å². The van der Waals surface area contributed by atoms with Crippen LogP contribution in [0.5, 0.6) is 0 Å². The summed E-state index contributed by atoms with van der Waals surface area (Å²) in [5, 5.41) is 2.92. The number of amides is 1. The van der Waals surface area contributed by atoms with Crippen molar-refractivity contribution in [3.63, 3.8) is 0 Å². The molecule has 1 aromatic rings. The van der Waals surface area contributed by atoms with Crippen LogP contribution in [0.4, 0.5) is 11.4 Å². The summed E-state index contributed by atoms with van der Waals surface area (Å²) in [5.41, 5.74) is 8.36. The van der Waals surface area contributed by atoms with Crippen LogP contribution in [-0.2, 0) is 4.79 Å². The third-order valence-corrected chi connectivity index (χ3v) is 3.66. The molecular formula is C15H25N3O. The monoisotopic (exact) mass is 263 g/mol. The van der Waals surface area contributed by atoms with Crippen LogP contribution in [0.3, 0.4) is 0 Å². The summed E-state index contributed by atoms with van der Waals surface area (Å²) >= 11 is 0. The summed E-state index contributed by atoms with van der Waals surface area (Å²) in [4.78, 5) is 14.2. The average molecular weight is 263 g/mol. The molecule has 0 radical (unpaired) electrons. The van der Waals surface area contributed by atoms with Crippen LogP contribution in [0.2, 0.25) is 0 Å². The molecule has 106 valence electrons. The molecular weight excluding hydrogens is 238 g/mol. The molecule has 0 saturated heterocycles. The van der Waals surface area contributed by atoms with E-state index in [1.54, 1.807) is 0 Å². The first-order valence-corrected chi connectivity index (χ1v) is 6.72. The van der Waals surface area contributed by atoms with E-state index < -0.39 is 5.54 Å². The molecule has 1 amide bonds. The van der Waals surface area contributed by atoms with E-state index in [0.717, 1.165) is 11.4 Å². The number of hydrogen-bond acceptors (Lipinski definition) is 3. The number of rotatable bonds is 5. The SMILES string of the molecule is CCC(N)(CC)C(=O)Nc1ccc(C)c(N(C)C)c1. The number of nitrogens with two attached hydrogens (primary N) is 1. The number of hydrogen-bond donors (Lipinski definition) is 2. The van der Waals surface area contributed by atoms with Gasteiger partial charge >= 0.3 is 0 Å². The molecule has 4 heteroatoms. The minimum Gasteiger partial charge on any atom is -0.377 e. The van der Waals surface area contributed by atoms with Crippen LogP contribution in [-0.4, -0.2) is 25.5 Å². The van der Waals surface area contributed by atoms with Crippen LogP contribution >= 0.6 is 0 Å². The van der Waals surface area contributed by atoms with Crippen molar-refractivity contribution in [2.24, 2.45) is 5.73 Å². The van der Waals surface area contributed by atoms with Gasteiger partial charge in [0.15, 0.2) is 0 Å². The van der Waals surface area contributed by atoms with E-state index in [4.69, 9.17) is 5.73 Å². The fourth-order valence-electron chi connectivity index (χ4n) is 2.00. The molecule has 0 spiro atoms. The molecule has 0 unspecified atom stereocenters. The maximum atomic E-state index is 12.2. The fraction of sp³-hybridized carbons (Fsp3) is 0.533. The Bertz CT molecular complexity index is 451. The van der Waals surface area contributed by atoms with Gasteiger partial charge in [0.25, 0.3) is 0 Å². The van der Waals surface area contributed by atoms with Crippen molar-refractivity contribution in [3.8, 4) is 0 Å². The Hall–Kier alpha value is -1.55. The van der Waals surface area contributed by atoms with Gasteiger partial charge in [0.1, 0.15) is 0 Å². The average Bonchev–Trinajstić information content (AvgIpc) is 2.39. The van der Waals surface area contributed by atoms with Crippen LogP contribution in [0.25, 0.3) is 0 Å². The summed E-state index contributed by atoms with van der Waals surface area (Å²) in [7, 11) is 3.97. The largest absolute Gasteiger partial charge is 0.377 e. The van der Waals surface area contributed by atoms with Gasteiger partial charge in [-0.1, -0.05) is 19.9 Å². The van der Waals surface area contributed by atoms with Gasteiger partial charge < -0.3 is 16.0 Å². The first-order chi connectivity index (χ1) is 8.84. The van der Waals surface area contributed by atoms with Gasteiger partial charge in [-0.05, 0) is 37.5 Å². The third kappa shape index (κ3) is 3.47. The lowest BCUT2D eigenvalue weighted by molar-refractivity contribution is -0.121. The van der Waals surface area contributed by atoms with E-state index in [-0.39, 0.29) is 5.91 Å². The highest BCUT2D eigenvalue weighted by atomic mass is 16.2. The fourth-order valence-corrected chi connectivity index (χ4v) is 2.00. The van der Waals surface area contributed by atoms with E-state index in [2.05, 4.69) is 5.32 Å². The molecule has 0 heterocycles. The number of carbonyl (C=O) groups excluding carboxylic acids is 1. The van der Waals surface area contributed by atoms with E-state index in [1.165, 1.54) is 5.56 Å². The predicted octanol–water partition coefficient (Wildman–Crippen LogP) is 2.52. The predicted molar refractivity (Wildman–Crippen MR) is 81.6 cm³/mol. The molecule has 0 aliphatic heterocycles. The molecule has 0 bridgehead atoms. The Morgan fingerprint density at radius 2 is 1.89 bits per heavy atom. The Morgan fingerprint density at radius 3 is 2.37 bits per heavy atom. The van der Waals surface area contributed by atoms with E-state index in [9.17, 15) is 4.79 Å². The zero-order valence-electron chi connectivity index (χ0n) is 12.6. The summed E-state index contributed by atoms with van der Waals surface area (Å²) in [6.45, 7) is 5.92. The van der Waals surface area contributed by atoms with Gasteiger partial charge in [-0.2, -0.15) is 0 Å². The number of carbonyl (C=O) groups is 1. The molecule has 0 fully saturated rings. The van der Waals surface area contributed by atoms with Gasteiger partial charge in [-0.25, -0.2) is 0 Å². The normalized spacial score (nSPS) is 11.3. The zero-order valence-corrected chi connectivity index (χ0v) is 12.6. The quantitative estimate of drug-likeness (QED) is 0.858. The smallest absolute Gasteiger partial charge is 0.244 e. The molecule has 19 heavy (non-hydrogen) atoms. The number of nitrogens with one attached hydrogen (secondary N) is 1. The van der Waals surface area contributed by atoms with E-state index >= 15 is 0 Å². The van der Waals surface area contributed by atoms with Gasteiger partial charge in [0, 0.05) is 25.5 Å². The molecule has 0 aliphatic rings. The van der Waals surface area contributed by atoms with Gasteiger partial charge in [0.05, 0.1) is 5.54 Å². The minimum absolute atomic E-state index is 0.119. The Labute approximate surface area is 116 Å². The molecule has 0 aliphatic carbocycles. The minimum atomic E-state index is -0.789. The first-order valence-electron chi connectivity index (χ1n) is 6.72. The van der Waals surface area contributed by atoms with Crippen molar-refractivity contribution in [1.29, 1.82) is 0 Å². The van der Waals surface area contributed by atoms with Crippen LogP contribution < -0.4 is 16.0 Å². The van der Waals surface area contributed by atoms with Crippen molar-refractivity contribution in [2.45, 2.75) is 39.2 Å². The highest BCUT2D eigenvalue weighted by molar-refractivity contribution is 5.98. The van der Waals surface area contributed by atoms with Gasteiger partial charge in [0.2, 0.25) is 5.91 Å². The second-order valence-corrected chi connectivity index (χ2v) is 5.21. The van der Waals surface area contributed by atoms with E-state index in [1.807, 2.05) is 58.0 Å². The number of nitrogens with zero attached hydrogens (tertiary/aromatic N) is 1. The molecule has 0 aromatic heterocycles. The van der Waals surface area contributed by atoms with Gasteiger partial charge in [-0.15, -0.1) is 0 Å². The molecule has 4 nitrogen and oxygen atoms in total.